The van der Waals surface area contributed by atoms with Gasteiger partial charge >= 0.3 is 5.97 Å². The van der Waals surface area contributed by atoms with E-state index in [9.17, 15) is 14.0 Å². The summed E-state index contributed by atoms with van der Waals surface area (Å²) in [5.74, 6) is -1.70. The third-order valence-corrected chi connectivity index (χ3v) is 4.30. The van der Waals surface area contributed by atoms with Gasteiger partial charge in [0.25, 0.3) is 5.91 Å². The molecule has 2 N–H and O–H groups in total. The number of aromatic nitrogens is 1. The van der Waals surface area contributed by atoms with E-state index in [2.05, 4.69) is 26.4 Å². The molecule has 1 aromatic heterocycles. The van der Waals surface area contributed by atoms with Crippen molar-refractivity contribution in [1.82, 2.24) is 10.5 Å². The van der Waals surface area contributed by atoms with Gasteiger partial charge in [0.15, 0.2) is 11.5 Å². The van der Waals surface area contributed by atoms with Gasteiger partial charge in [-0.2, -0.15) is 0 Å². The second-order valence-corrected chi connectivity index (χ2v) is 6.68. The summed E-state index contributed by atoms with van der Waals surface area (Å²) in [5, 5.41) is 15.5. The molecule has 3 rings (SSSR count). The van der Waals surface area contributed by atoms with Crippen LogP contribution in [0.5, 0.6) is 0 Å². The van der Waals surface area contributed by atoms with Crippen LogP contribution < -0.4 is 5.32 Å². The van der Waals surface area contributed by atoms with Crippen LogP contribution >= 0.6 is 15.9 Å². The Bertz CT molecular complexity index is 972. The van der Waals surface area contributed by atoms with E-state index < -0.39 is 17.9 Å². The summed E-state index contributed by atoms with van der Waals surface area (Å²) < 4.78 is 18.9. The molecule has 3 aromatic rings. The summed E-state index contributed by atoms with van der Waals surface area (Å²) in [5.41, 5.74) is 1.21. The molecule has 0 aliphatic heterocycles. The highest BCUT2D eigenvalue weighted by atomic mass is 79.9. The first kappa shape index (κ1) is 18.8. The predicted molar refractivity (Wildman–Crippen MR) is 98.5 cm³/mol. The summed E-state index contributed by atoms with van der Waals surface area (Å²) in [7, 11) is 0. The first-order valence-electron chi connectivity index (χ1n) is 7.93. The Hall–Kier alpha value is -3.00. The number of hydrogen-bond donors (Lipinski definition) is 2. The van der Waals surface area contributed by atoms with Gasteiger partial charge in [0.1, 0.15) is 5.82 Å². The number of halogens is 2. The van der Waals surface area contributed by atoms with Crippen molar-refractivity contribution in [2.24, 2.45) is 0 Å². The van der Waals surface area contributed by atoms with Gasteiger partial charge in [-0.05, 0) is 42.0 Å². The van der Waals surface area contributed by atoms with Crippen molar-refractivity contribution in [1.29, 1.82) is 0 Å². The monoisotopic (exact) mass is 432 g/mol. The molecule has 0 radical (unpaired) electrons. The Balaban J connectivity index is 1.79. The van der Waals surface area contributed by atoms with Crippen LogP contribution in [0, 0.1) is 5.82 Å². The molecule has 0 aliphatic carbocycles. The van der Waals surface area contributed by atoms with E-state index in [0.717, 1.165) is 4.47 Å². The Labute approximate surface area is 162 Å². The average molecular weight is 433 g/mol. The summed E-state index contributed by atoms with van der Waals surface area (Å²) in [6.07, 6.45) is -0.287. The lowest BCUT2D eigenvalue weighted by Crippen LogP contribution is -2.30. The summed E-state index contributed by atoms with van der Waals surface area (Å²) in [6.45, 7) is 0. The zero-order chi connectivity index (χ0) is 19.4. The molecule has 0 aliphatic rings. The van der Waals surface area contributed by atoms with Gasteiger partial charge in [-0.15, -0.1) is 0 Å². The Morgan fingerprint density at radius 3 is 2.59 bits per heavy atom. The Morgan fingerprint density at radius 2 is 1.93 bits per heavy atom. The quantitative estimate of drug-likeness (QED) is 0.608. The fourth-order valence-electron chi connectivity index (χ4n) is 2.51. The van der Waals surface area contributed by atoms with Gasteiger partial charge in [-0.1, -0.05) is 33.2 Å². The molecule has 0 fully saturated rings. The molecule has 27 heavy (non-hydrogen) atoms. The largest absolute Gasteiger partial charge is 0.481 e. The van der Waals surface area contributed by atoms with E-state index in [0.29, 0.717) is 16.9 Å². The lowest BCUT2D eigenvalue weighted by Gasteiger charge is -2.17. The number of rotatable bonds is 6. The SMILES string of the molecule is O=C(O)C[C@@H](NC(=O)c1cc(-c2ccc(F)cc2)on1)c1cccc(Br)c1. The molecule has 1 amide bonds. The first-order valence-corrected chi connectivity index (χ1v) is 8.72. The molecule has 0 unspecified atom stereocenters. The number of hydrogen-bond acceptors (Lipinski definition) is 4. The van der Waals surface area contributed by atoms with E-state index in [1.165, 1.54) is 30.3 Å². The molecule has 0 saturated carbocycles. The molecule has 0 saturated heterocycles. The topological polar surface area (TPSA) is 92.4 Å². The molecule has 8 heteroatoms. The fraction of sp³-hybridized carbons (Fsp3) is 0.105. The lowest BCUT2D eigenvalue weighted by atomic mass is 10.0. The third kappa shape index (κ3) is 4.79. The number of carbonyl (C=O) groups is 2. The van der Waals surface area contributed by atoms with E-state index in [4.69, 9.17) is 9.63 Å². The van der Waals surface area contributed by atoms with Crippen LogP contribution in [0.1, 0.15) is 28.5 Å². The van der Waals surface area contributed by atoms with Crippen molar-refractivity contribution >= 4 is 27.8 Å². The maximum Gasteiger partial charge on any atom is 0.305 e. The van der Waals surface area contributed by atoms with Crippen molar-refractivity contribution < 1.29 is 23.6 Å². The minimum Gasteiger partial charge on any atom is -0.481 e. The molecule has 2 aromatic carbocycles. The molecule has 138 valence electrons. The average Bonchev–Trinajstić information content (AvgIpc) is 3.11. The molecule has 1 heterocycles. The zero-order valence-corrected chi connectivity index (χ0v) is 15.4. The number of amides is 1. The van der Waals surface area contributed by atoms with Crippen molar-refractivity contribution in [2.75, 3.05) is 0 Å². The summed E-state index contributed by atoms with van der Waals surface area (Å²) >= 11 is 3.33. The zero-order valence-electron chi connectivity index (χ0n) is 13.9. The van der Waals surface area contributed by atoms with Crippen molar-refractivity contribution in [3.8, 4) is 11.3 Å². The second-order valence-electron chi connectivity index (χ2n) is 5.76. The van der Waals surface area contributed by atoms with E-state index in [1.807, 2.05) is 0 Å². The highest BCUT2D eigenvalue weighted by Crippen LogP contribution is 2.23. The number of carboxylic acid groups (broad SMARTS) is 1. The predicted octanol–water partition coefficient (Wildman–Crippen LogP) is 4.19. The highest BCUT2D eigenvalue weighted by Gasteiger charge is 2.21. The molecule has 1 atom stereocenters. The molecular formula is C19H14BrFN2O4. The second kappa shape index (κ2) is 8.13. The fourth-order valence-corrected chi connectivity index (χ4v) is 2.93. The van der Waals surface area contributed by atoms with Crippen LogP contribution in [-0.2, 0) is 4.79 Å². The molecule has 0 spiro atoms. The lowest BCUT2D eigenvalue weighted by molar-refractivity contribution is -0.137. The van der Waals surface area contributed by atoms with E-state index in [-0.39, 0.29) is 17.9 Å². The maximum absolute atomic E-state index is 13.0. The van der Waals surface area contributed by atoms with Gasteiger partial charge in [0, 0.05) is 16.1 Å². The molecule has 0 bridgehead atoms. The van der Waals surface area contributed by atoms with Gasteiger partial charge < -0.3 is 14.9 Å². The first-order chi connectivity index (χ1) is 12.9. The number of nitrogens with one attached hydrogen (secondary N) is 1. The van der Waals surface area contributed by atoms with Crippen LogP contribution in [0.4, 0.5) is 4.39 Å². The van der Waals surface area contributed by atoms with Crippen molar-refractivity contribution in [3.05, 3.63) is 76.1 Å². The van der Waals surface area contributed by atoms with Gasteiger partial charge in [0.2, 0.25) is 0 Å². The number of benzene rings is 2. The van der Waals surface area contributed by atoms with Gasteiger partial charge in [0.05, 0.1) is 12.5 Å². The Morgan fingerprint density at radius 1 is 1.19 bits per heavy atom. The summed E-state index contributed by atoms with van der Waals surface area (Å²) in [6, 6.07) is 13.3. The number of nitrogens with zero attached hydrogens (tertiary/aromatic N) is 1. The van der Waals surface area contributed by atoms with E-state index >= 15 is 0 Å². The number of aliphatic carboxylic acids is 1. The minimum atomic E-state index is -1.05. The van der Waals surface area contributed by atoms with Crippen molar-refractivity contribution in [2.45, 2.75) is 12.5 Å². The molecular weight excluding hydrogens is 419 g/mol. The van der Waals surface area contributed by atoms with Crippen LogP contribution in [0.2, 0.25) is 0 Å². The highest BCUT2D eigenvalue weighted by molar-refractivity contribution is 9.10. The van der Waals surface area contributed by atoms with Crippen LogP contribution in [-0.4, -0.2) is 22.1 Å². The number of carboxylic acids is 1. The van der Waals surface area contributed by atoms with Crippen LogP contribution in [0.3, 0.4) is 0 Å². The van der Waals surface area contributed by atoms with E-state index in [1.54, 1.807) is 24.3 Å². The summed E-state index contributed by atoms with van der Waals surface area (Å²) in [4.78, 5) is 23.7. The minimum absolute atomic E-state index is 0.000268. The van der Waals surface area contributed by atoms with Crippen LogP contribution in [0.15, 0.2) is 63.6 Å². The van der Waals surface area contributed by atoms with Crippen molar-refractivity contribution in [3.63, 3.8) is 0 Å². The molecule has 6 nitrogen and oxygen atoms in total. The normalized spacial score (nSPS) is 11.8. The number of carbonyl (C=O) groups excluding carboxylic acids is 1. The van der Waals surface area contributed by atoms with Crippen LogP contribution in [0.25, 0.3) is 11.3 Å². The third-order valence-electron chi connectivity index (χ3n) is 3.81. The van der Waals surface area contributed by atoms with Gasteiger partial charge in [-0.3, -0.25) is 9.59 Å². The Kier molecular flexibility index (Phi) is 5.66. The maximum atomic E-state index is 13.0. The standard InChI is InChI=1S/C19H14BrFN2O4/c20-13-3-1-2-12(8-13)15(10-18(24)25)22-19(26)16-9-17(27-23-16)11-4-6-14(21)7-5-11/h1-9,15H,10H2,(H,22,26)(H,24,25)/t15-/m1/s1. The van der Waals surface area contributed by atoms with Gasteiger partial charge in [-0.25, -0.2) is 4.39 Å². The smallest absolute Gasteiger partial charge is 0.305 e.